The lowest BCUT2D eigenvalue weighted by molar-refractivity contribution is 0.415. The van der Waals surface area contributed by atoms with Gasteiger partial charge in [0, 0.05) is 5.39 Å². The van der Waals surface area contributed by atoms with Gasteiger partial charge in [0.1, 0.15) is 5.75 Å². The van der Waals surface area contributed by atoms with Crippen LogP contribution in [0.15, 0.2) is 62.2 Å². The number of hydrogen-bond acceptors (Lipinski definition) is 3. The molecule has 3 aromatic rings. The third kappa shape index (κ3) is 2.23. The maximum absolute atomic E-state index is 12.2. The summed E-state index contributed by atoms with van der Waals surface area (Å²) in [5, 5.41) is 0.872. The molecule has 0 unspecified atom stereocenters. The molecule has 1 aromatic heterocycles. The van der Waals surface area contributed by atoms with Crippen molar-refractivity contribution in [2.75, 3.05) is 7.11 Å². The second kappa shape index (κ2) is 5.13. The van der Waals surface area contributed by atoms with Crippen LogP contribution in [0.25, 0.3) is 22.1 Å². The molecule has 4 heteroatoms. The molecular weight excluding hydrogens is 320 g/mol. The van der Waals surface area contributed by atoms with Crippen LogP contribution >= 0.6 is 15.9 Å². The first-order valence-electron chi connectivity index (χ1n) is 6.06. The highest BCUT2D eigenvalue weighted by molar-refractivity contribution is 9.10. The molecule has 0 N–H and O–H groups in total. The zero-order chi connectivity index (χ0) is 14.1. The average Bonchev–Trinajstić information content (AvgIpc) is 2.48. The predicted molar refractivity (Wildman–Crippen MR) is 82.2 cm³/mol. The normalized spacial score (nSPS) is 10.7. The Morgan fingerprint density at radius 1 is 1.10 bits per heavy atom. The molecule has 0 atom stereocenters. The molecule has 0 fully saturated rings. The van der Waals surface area contributed by atoms with Crippen molar-refractivity contribution in [1.82, 2.24) is 0 Å². The summed E-state index contributed by atoms with van der Waals surface area (Å²) in [5.74, 6) is 0.705. The highest BCUT2D eigenvalue weighted by Crippen LogP contribution is 2.27. The Hall–Kier alpha value is -2.07. The third-order valence-electron chi connectivity index (χ3n) is 3.09. The van der Waals surface area contributed by atoms with Gasteiger partial charge in [-0.3, -0.25) is 0 Å². The van der Waals surface area contributed by atoms with E-state index in [1.54, 1.807) is 7.11 Å². The first-order chi connectivity index (χ1) is 9.69. The molecule has 0 radical (unpaired) electrons. The van der Waals surface area contributed by atoms with E-state index in [-0.39, 0.29) is 5.63 Å². The Kier molecular flexibility index (Phi) is 3.32. The molecular formula is C16H11BrO3. The Morgan fingerprint density at radius 3 is 2.70 bits per heavy atom. The largest absolute Gasteiger partial charge is 0.497 e. The van der Waals surface area contributed by atoms with E-state index in [2.05, 4.69) is 15.9 Å². The topological polar surface area (TPSA) is 39.4 Å². The monoisotopic (exact) mass is 330 g/mol. The van der Waals surface area contributed by atoms with Crippen LogP contribution in [0.2, 0.25) is 0 Å². The van der Waals surface area contributed by atoms with Crippen molar-refractivity contribution in [2.45, 2.75) is 0 Å². The Morgan fingerprint density at radius 2 is 1.90 bits per heavy atom. The molecule has 20 heavy (non-hydrogen) atoms. The van der Waals surface area contributed by atoms with Crippen molar-refractivity contribution < 1.29 is 9.15 Å². The van der Waals surface area contributed by atoms with E-state index >= 15 is 0 Å². The third-order valence-corrected chi connectivity index (χ3v) is 3.72. The number of fused-ring (bicyclic) bond motifs is 1. The van der Waals surface area contributed by atoms with Crippen molar-refractivity contribution in [3.8, 4) is 16.9 Å². The van der Waals surface area contributed by atoms with Gasteiger partial charge in [-0.05, 0) is 45.8 Å². The molecule has 0 saturated carbocycles. The summed E-state index contributed by atoms with van der Waals surface area (Å²) < 4.78 is 11.4. The van der Waals surface area contributed by atoms with Gasteiger partial charge >= 0.3 is 5.63 Å². The number of halogens is 1. The molecule has 0 spiro atoms. The van der Waals surface area contributed by atoms with Crippen LogP contribution in [0, 0.1) is 0 Å². The lowest BCUT2D eigenvalue weighted by atomic mass is 10.1. The number of methoxy groups -OCH3 is 1. The highest BCUT2D eigenvalue weighted by atomic mass is 79.9. The van der Waals surface area contributed by atoms with E-state index in [0.717, 1.165) is 15.4 Å². The number of rotatable bonds is 2. The van der Waals surface area contributed by atoms with Crippen molar-refractivity contribution in [1.29, 1.82) is 0 Å². The summed E-state index contributed by atoms with van der Waals surface area (Å²) in [6.45, 7) is 0. The molecule has 3 rings (SSSR count). The molecule has 0 bridgehead atoms. The fourth-order valence-corrected chi connectivity index (χ4v) is 2.56. The van der Waals surface area contributed by atoms with E-state index in [4.69, 9.17) is 9.15 Å². The lowest BCUT2D eigenvalue weighted by Gasteiger charge is -2.05. The van der Waals surface area contributed by atoms with Crippen LogP contribution in [-0.2, 0) is 0 Å². The van der Waals surface area contributed by atoms with Crippen LogP contribution in [0.4, 0.5) is 0 Å². The second-order valence-corrected chi connectivity index (χ2v) is 5.19. The maximum Gasteiger partial charge on any atom is 0.344 e. The first-order valence-corrected chi connectivity index (χ1v) is 6.85. The van der Waals surface area contributed by atoms with Gasteiger partial charge in [0.15, 0.2) is 5.58 Å². The van der Waals surface area contributed by atoms with E-state index < -0.39 is 0 Å². The van der Waals surface area contributed by atoms with Crippen LogP contribution in [-0.4, -0.2) is 7.11 Å². The summed E-state index contributed by atoms with van der Waals surface area (Å²) in [4.78, 5) is 12.2. The first kappa shape index (κ1) is 12.9. The predicted octanol–water partition coefficient (Wildman–Crippen LogP) is 4.23. The van der Waals surface area contributed by atoms with Crippen LogP contribution in [0.5, 0.6) is 5.75 Å². The van der Waals surface area contributed by atoms with E-state index in [0.29, 0.717) is 16.9 Å². The molecule has 0 amide bonds. The van der Waals surface area contributed by atoms with Crippen molar-refractivity contribution in [3.63, 3.8) is 0 Å². The fourth-order valence-electron chi connectivity index (χ4n) is 2.10. The molecule has 3 nitrogen and oxygen atoms in total. The summed E-state index contributed by atoms with van der Waals surface area (Å²) in [6, 6.07) is 14.8. The second-order valence-electron chi connectivity index (χ2n) is 4.34. The van der Waals surface area contributed by atoms with Gasteiger partial charge in [-0.25, -0.2) is 4.79 Å². The van der Waals surface area contributed by atoms with Gasteiger partial charge < -0.3 is 9.15 Å². The molecule has 0 aliphatic heterocycles. The molecule has 0 aliphatic carbocycles. The van der Waals surface area contributed by atoms with Crippen LogP contribution < -0.4 is 10.4 Å². The smallest absolute Gasteiger partial charge is 0.344 e. The van der Waals surface area contributed by atoms with Gasteiger partial charge in [0.25, 0.3) is 0 Å². The van der Waals surface area contributed by atoms with Gasteiger partial charge in [-0.1, -0.05) is 24.3 Å². The number of para-hydroxylation sites is 1. The number of hydrogen-bond donors (Lipinski definition) is 0. The molecule has 0 aliphatic rings. The van der Waals surface area contributed by atoms with Crippen LogP contribution in [0.3, 0.4) is 0 Å². The minimum absolute atomic E-state index is 0.363. The molecule has 1 heterocycles. The molecule has 100 valence electrons. The number of benzene rings is 2. The minimum Gasteiger partial charge on any atom is -0.497 e. The summed E-state index contributed by atoms with van der Waals surface area (Å²) in [5.41, 5.74) is 1.50. The molecule has 2 aromatic carbocycles. The average molecular weight is 331 g/mol. The van der Waals surface area contributed by atoms with E-state index in [1.807, 2.05) is 48.5 Å². The number of ether oxygens (including phenoxy) is 1. The lowest BCUT2D eigenvalue weighted by Crippen LogP contribution is -2.02. The summed E-state index contributed by atoms with van der Waals surface area (Å²) >= 11 is 3.38. The summed E-state index contributed by atoms with van der Waals surface area (Å²) in [7, 11) is 1.60. The van der Waals surface area contributed by atoms with Crippen LogP contribution in [0.1, 0.15) is 0 Å². The van der Waals surface area contributed by atoms with E-state index in [9.17, 15) is 4.79 Å². The Balaban J connectivity index is 2.26. The van der Waals surface area contributed by atoms with Crippen molar-refractivity contribution in [2.24, 2.45) is 0 Å². The van der Waals surface area contributed by atoms with Gasteiger partial charge in [0.2, 0.25) is 0 Å². The zero-order valence-corrected chi connectivity index (χ0v) is 12.3. The standard InChI is InChI=1S/C16H11BrO3/c1-19-12-6-2-4-10(8-12)13-9-11-5-3-7-14(17)15(11)20-16(13)18/h2-9H,1H3. The Bertz CT molecular complexity index is 836. The minimum atomic E-state index is -0.363. The maximum atomic E-state index is 12.2. The highest BCUT2D eigenvalue weighted by Gasteiger charge is 2.10. The van der Waals surface area contributed by atoms with Crippen molar-refractivity contribution >= 4 is 26.9 Å². The van der Waals surface area contributed by atoms with Crippen molar-refractivity contribution in [3.05, 3.63) is 63.4 Å². The zero-order valence-electron chi connectivity index (χ0n) is 10.7. The van der Waals surface area contributed by atoms with Gasteiger partial charge in [-0.15, -0.1) is 0 Å². The summed E-state index contributed by atoms with van der Waals surface area (Å²) in [6.07, 6.45) is 0. The van der Waals surface area contributed by atoms with Gasteiger partial charge in [0.05, 0.1) is 17.1 Å². The SMILES string of the molecule is COc1cccc(-c2cc3cccc(Br)c3oc2=O)c1. The molecule has 0 saturated heterocycles. The Labute approximate surface area is 123 Å². The quantitative estimate of drug-likeness (QED) is 0.660. The van der Waals surface area contributed by atoms with Gasteiger partial charge in [-0.2, -0.15) is 0 Å². The van der Waals surface area contributed by atoms with E-state index in [1.165, 1.54) is 0 Å². The fraction of sp³-hybridized carbons (Fsp3) is 0.0625.